The number of hydrazone groups is 1. The molecule has 20 heavy (non-hydrogen) atoms. The average molecular weight is 265 g/mol. The van der Waals surface area contributed by atoms with Crippen molar-refractivity contribution in [1.29, 1.82) is 0 Å². The van der Waals surface area contributed by atoms with Gasteiger partial charge in [-0.25, -0.2) is 0 Å². The van der Waals surface area contributed by atoms with Crippen molar-refractivity contribution in [3.8, 4) is 0 Å². The molecule has 0 radical (unpaired) electrons. The minimum Gasteiger partial charge on any atom is -0.302 e. The number of nitrogens with zero attached hydrogens (tertiary/aromatic N) is 3. The molecule has 2 heterocycles. The van der Waals surface area contributed by atoms with Gasteiger partial charge < -0.3 is 4.79 Å². The third-order valence-corrected chi connectivity index (χ3v) is 3.04. The van der Waals surface area contributed by atoms with Crippen LogP contribution >= 0.6 is 0 Å². The molecule has 0 bridgehead atoms. The fourth-order valence-electron chi connectivity index (χ4n) is 2.07. The van der Waals surface area contributed by atoms with Crippen molar-refractivity contribution in [1.82, 2.24) is 4.98 Å². The zero-order valence-corrected chi connectivity index (χ0v) is 10.5. The molecule has 0 saturated heterocycles. The molecule has 0 fully saturated rings. The fourth-order valence-corrected chi connectivity index (χ4v) is 2.07. The number of para-hydroxylation sites is 1. The number of benzene rings is 1. The molecular formula is C15H11N3O2. The third-order valence-electron chi connectivity index (χ3n) is 3.04. The van der Waals surface area contributed by atoms with Crippen LogP contribution in [0.25, 0.3) is 0 Å². The van der Waals surface area contributed by atoms with Gasteiger partial charge in [0.15, 0.2) is 0 Å². The Hall–Kier alpha value is -2.82. The second-order valence-electron chi connectivity index (χ2n) is 4.30. The molecule has 5 heteroatoms. The normalized spacial score (nSPS) is 18.0. The molecule has 0 N–H and O–H groups in total. The lowest BCUT2D eigenvalue weighted by Crippen LogP contribution is -2.28. The third kappa shape index (κ3) is 1.99. The van der Waals surface area contributed by atoms with Crippen LogP contribution in [0, 0.1) is 5.92 Å². The van der Waals surface area contributed by atoms with Crippen LogP contribution in [0.5, 0.6) is 0 Å². The van der Waals surface area contributed by atoms with Crippen LogP contribution < -0.4 is 5.01 Å². The molecule has 1 unspecified atom stereocenters. The molecule has 5 nitrogen and oxygen atoms in total. The van der Waals surface area contributed by atoms with Crippen LogP contribution in [-0.4, -0.2) is 22.9 Å². The zero-order chi connectivity index (χ0) is 13.9. The summed E-state index contributed by atoms with van der Waals surface area (Å²) >= 11 is 0. The molecule has 3 rings (SSSR count). The predicted molar refractivity (Wildman–Crippen MR) is 74.3 cm³/mol. The van der Waals surface area contributed by atoms with Crippen molar-refractivity contribution in [3.63, 3.8) is 0 Å². The maximum Gasteiger partial charge on any atom is 0.263 e. The molecule has 1 aromatic heterocycles. The lowest BCUT2D eigenvalue weighted by Gasteiger charge is -2.11. The molecule has 1 amide bonds. The van der Waals surface area contributed by atoms with Gasteiger partial charge in [-0.2, -0.15) is 10.1 Å². The summed E-state index contributed by atoms with van der Waals surface area (Å²) in [6, 6.07) is 14.3. The van der Waals surface area contributed by atoms with Gasteiger partial charge in [-0.3, -0.25) is 9.78 Å². The van der Waals surface area contributed by atoms with Gasteiger partial charge in [0.2, 0.25) is 0 Å². The Balaban J connectivity index is 2.05. The van der Waals surface area contributed by atoms with E-state index in [1.54, 1.807) is 36.5 Å². The van der Waals surface area contributed by atoms with E-state index in [9.17, 15) is 9.59 Å². The van der Waals surface area contributed by atoms with Crippen LogP contribution in [0.1, 0.15) is 5.69 Å². The number of rotatable bonds is 3. The first-order chi connectivity index (χ1) is 9.81. The highest BCUT2D eigenvalue weighted by Gasteiger charge is 2.37. The Morgan fingerprint density at radius 1 is 1.05 bits per heavy atom. The Morgan fingerprint density at radius 2 is 1.80 bits per heavy atom. The second kappa shape index (κ2) is 5.05. The van der Waals surface area contributed by atoms with Crippen molar-refractivity contribution in [3.05, 3.63) is 60.4 Å². The predicted octanol–water partition coefficient (Wildman–Crippen LogP) is 1.65. The smallest absolute Gasteiger partial charge is 0.263 e. The van der Waals surface area contributed by atoms with E-state index in [1.165, 1.54) is 5.01 Å². The highest BCUT2D eigenvalue weighted by Crippen LogP contribution is 2.24. The molecule has 1 aliphatic heterocycles. The van der Waals surface area contributed by atoms with E-state index in [-0.39, 0.29) is 5.91 Å². The topological polar surface area (TPSA) is 62.6 Å². The number of anilines is 1. The number of carbonyl (C=O) groups excluding carboxylic acids is 2. The molecular weight excluding hydrogens is 254 g/mol. The van der Waals surface area contributed by atoms with Crippen LogP contribution in [0.3, 0.4) is 0 Å². The van der Waals surface area contributed by atoms with Crippen LogP contribution in [0.4, 0.5) is 5.69 Å². The molecule has 2 aromatic rings. The monoisotopic (exact) mass is 265 g/mol. The van der Waals surface area contributed by atoms with E-state index in [0.717, 1.165) is 0 Å². The van der Waals surface area contributed by atoms with Gasteiger partial charge in [0.05, 0.1) is 11.4 Å². The number of hydrogen-bond donors (Lipinski definition) is 0. The highest BCUT2D eigenvalue weighted by molar-refractivity contribution is 6.27. The first kappa shape index (κ1) is 12.2. The Labute approximate surface area is 115 Å². The first-order valence-electron chi connectivity index (χ1n) is 6.15. The number of aldehydes is 1. The largest absolute Gasteiger partial charge is 0.302 e. The van der Waals surface area contributed by atoms with Crippen molar-refractivity contribution in [2.24, 2.45) is 11.0 Å². The van der Waals surface area contributed by atoms with Gasteiger partial charge in [-0.15, -0.1) is 0 Å². The molecule has 1 aliphatic rings. The van der Waals surface area contributed by atoms with Crippen LogP contribution in [0.2, 0.25) is 0 Å². The summed E-state index contributed by atoms with van der Waals surface area (Å²) in [6.07, 6.45) is 2.22. The van der Waals surface area contributed by atoms with Gasteiger partial charge in [-0.1, -0.05) is 24.3 Å². The molecule has 1 aromatic carbocycles. The molecule has 0 saturated carbocycles. The summed E-state index contributed by atoms with van der Waals surface area (Å²) < 4.78 is 0. The molecule has 98 valence electrons. The summed E-state index contributed by atoms with van der Waals surface area (Å²) in [6.45, 7) is 0. The molecule has 0 spiro atoms. The summed E-state index contributed by atoms with van der Waals surface area (Å²) in [5.74, 6) is -1.25. The quantitative estimate of drug-likeness (QED) is 0.626. The zero-order valence-electron chi connectivity index (χ0n) is 10.5. The van der Waals surface area contributed by atoms with Gasteiger partial charge in [-0.05, 0) is 24.3 Å². The van der Waals surface area contributed by atoms with E-state index < -0.39 is 5.92 Å². The summed E-state index contributed by atoms with van der Waals surface area (Å²) in [5, 5.41) is 5.52. The second-order valence-corrected chi connectivity index (χ2v) is 4.30. The van der Waals surface area contributed by atoms with Gasteiger partial charge in [0.25, 0.3) is 5.91 Å². The number of pyridine rings is 1. The van der Waals surface area contributed by atoms with E-state index in [1.807, 2.05) is 18.2 Å². The van der Waals surface area contributed by atoms with Gasteiger partial charge in [0.1, 0.15) is 17.9 Å². The SMILES string of the molecule is O=CC1C(=O)N(c2ccccc2)N=C1c1ccccn1. The highest BCUT2D eigenvalue weighted by atomic mass is 16.2. The van der Waals surface area contributed by atoms with Gasteiger partial charge in [0, 0.05) is 6.20 Å². The summed E-state index contributed by atoms with van der Waals surface area (Å²) in [4.78, 5) is 27.6. The standard InChI is InChI=1S/C15H11N3O2/c19-10-12-14(13-8-4-5-9-16-13)17-18(15(12)20)11-6-2-1-3-7-11/h1-10,12H. The summed E-state index contributed by atoms with van der Waals surface area (Å²) in [7, 11) is 0. The number of carbonyl (C=O) groups is 2. The molecule has 1 atom stereocenters. The van der Waals surface area contributed by atoms with Crippen molar-refractivity contribution in [2.45, 2.75) is 0 Å². The average Bonchev–Trinajstić information content (AvgIpc) is 2.86. The Morgan fingerprint density at radius 3 is 2.45 bits per heavy atom. The minimum atomic E-state index is -0.898. The maximum absolute atomic E-state index is 12.3. The lowest BCUT2D eigenvalue weighted by atomic mass is 10.0. The Bertz CT molecular complexity index is 668. The number of hydrogen-bond acceptors (Lipinski definition) is 4. The summed E-state index contributed by atoms with van der Waals surface area (Å²) in [5.41, 5.74) is 1.56. The minimum absolute atomic E-state index is 0.355. The Kier molecular flexibility index (Phi) is 3.09. The van der Waals surface area contributed by atoms with Crippen molar-refractivity contribution in [2.75, 3.05) is 5.01 Å². The fraction of sp³-hybridized carbons (Fsp3) is 0.0667. The number of amides is 1. The lowest BCUT2D eigenvalue weighted by molar-refractivity contribution is -0.123. The van der Waals surface area contributed by atoms with Gasteiger partial charge >= 0.3 is 0 Å². The van der Waals surface area contributed by atoms with Crippen LogP contribution in [0.15, 0.2) is 59.8 Å². The van der Waals surface area contributed by atoms with E-state index in [0.29, 0.717) is 23.4 Å². The van der Waals surface area contributed by atoms with E-state index in [4.69, 9.17) is 0 Å². The van der Waals surface area contributed by atoms with E-state index in [2.05, 4.69) is 10.1 Å². The van der Waals surface area contributed by atoms with Crippen molar-refractivity contribution < 1.29 is 9.59 Å². The molecule has 0 aliphatic carbocycles. The first-order valence-corrected chi connectivity index (χ1v) is 6.15. The van der Waals surface area contributed by atoms with E-state index >= 15 is 0 Å². The maximum atomic E-state index is 12.3. The van der Waals surface area contributed by atoms with Crippen molar-refractivity contribution >= 4 is 23.6 Å². The van der Waals surface area contributed by atoms with Crippen LogP contribution in [-0.2, 0) is 9.59 Å². The number of aromatic nitrogens is 1.